The number of hydrogen-bond acceptors (Lipinski definition) is 3. The number of alkyl halides is 3. The zero-order valence-corrected chi connectivity index (χ0v) is 7.10. The quantitative estimate of drug-likeness (QED) is 0.712. The first kappa shape index (κ1) is 10.7. The summed E-state index contributed by atoms with van der Waals surface area (Å²) in [7, 11) is 1.06. The molecule has 0 saturated heterocycles. The van der Waals surface area contributed by atoms with Crippen molar-refractivity contribution in [2.75, 3.05) is 13.8 Å². The highest BCUT2D eigenvalue weighted by Gasteiger charge is 2.38. The van der Waals surface area contributed by atoms with Gasteiger partial charge in [-0.05, 0) is 0 Å². The van der Waals surface area contributed by atoms with Gasteiger partial charge in [-0.1, -0.05) is 0 Å². The molecule has 0 fully saturated rings. The van der Waals surface area contributed by atoms with Crippen molar-refractivity contribution in [2.24, 2.45) is 0 Å². The highest BCUT2D eigenvalue weighted by Crippen LogP contribution is 2.30. The molecule has 0 atom stereocenters. The molecule has 0 radical (unpaired) electrons. The van der Waals surface area contributed by atoms with Crippen LogP contribution in [0.25, 0.3) is 0 Å². The van der Waals surface area contributed by atoms with Crippen LogP contribution in [0, 0.1) is 5.82 Å². The maximum Gasteiger partial charge on any atom is 0.320 e. The molecule has 3 nitrogen and oxygen atoms in total. The molecule has 1 aromatic heterocycles. The van der Waals surface area contributed by atoms with Crippen LogP contribution in [-0.2, 0) is 5.92 Å². The molecule has 14 heavy (non-hydrogen) atoms. The van der Waals surface area contributed by atoms with E-state index in [0.29, 0.717) is 6.33 Å². The monoisotopic (exact) mass is 210 g/mol. The van der Waals surface area contributed by atoms with Gasteiger partial charge in [-0.2, -0.15) is 18.2 Å². The van der Waals surface area contributed by atoms with Gasteiger partial charge in [-0.15, -0.1) is 0 Å². The summed E-state index contributed by atoms with van der Waals surface area (Å²) in [6, 6.07) is 0. The van der Waals surface area contributed by atoms with E-state index in [2.05, 4.69) is 14.7 Å². The van der Waals surface area contributed by atoms with Gasteiger partial charge in [0.2, 0.25) is 5.82 Å². The van der Waals surface area contributed by atoms with Crippen LogP contribution in [-0.4, -0.2) is 23.8 Å². The van der Waals surface area contributed by atoms with Crippen molar-refractivity contribution in [3.8, 4) is 5.88 Å². The van der Waals surface area contributed by atoms with Gasteiger partial charge < -0.3 is 4.74 Å². The molecule has 0 bridgehead atoms. The smallest absolute Gasteiger partial charge is 0.320 e. The van der Waals surface area contributed by atoms with E-state index in [9.17, 15) is 17.6 Å². The maximum absolute atomic E-state index is 13.1. The molecular weight excluding hydrogens is 204 g/mol. The Morgan fingerprint density at radius 1 is 1.43 bits per heavy atom. The van der Waals surface area contributed by atoms with Crippen molar-refractivity contribution in [3.05, 3.63) is 17.8 Å². The molecule has 0 aromatic carbocycles. The largest absolute Gasteiger partial charge is 0.479 e. The minimum Gasteiger partial charge on any atom is -0.479 e. The van der Waals surface area contributed by atoms with Crippen LogP contribution in [0.2, 0.25) is 0 Å². The van der Waals surface area contributed by atoms with E-state index in [4.69, 9.17) is 0 Å². The molecule has 0 aliphatic rings. The summed E-state index contributed by atoms with van der Waals surface area (Å²) >= 11 is 0. The Labute approximate surface area is 76.7 Å². The van der Waals surface area contributed by atoms with Gasteiger partial charge in [0.15, 0.2) is 12.4 Å². The predicted molar refractivity (Wildman–Crippen MR) is 38.4 cm³/mol. The van der Waals surface area contributed by atoms with Crippen LogP contribution in [0.3, 0.4) is 0 Å². The molecular formula is C7H6F4N2O. The zero-order valence-electron chi connectivity index (χ0n) is 7.10. The highest BCUT2D eigenvalue weighted by molar-refractivity contribution is 5.20. The van der Waals surface area contributed by atoms with Crippen molar-refractivity contribution in [1.29, 1.82) is 0 Å². The third-order valence-electron chi connectivity index (χ3n) is 1.47. The molecule has 0 saturated carbocycles. The minimum absolute atomic E-state index is 0.636. The van der Waals surface area contributed by atoms with Crippen molar-refractivity contribution in [2.45, 2.75) is 5.92 Å². The third-order valence-corrected chi connectivity index (χ3v) is 1.47. The SMILES string of the molecule is COc1ncnc(C(F)(F)CF)c1F. The van der Waals surface area contributed by atoms with Gasteiger partial charge >= 0.3 is 5.92 Å². The van der Waals surface area contributed by atoms with E-state index in [0.717, 1.165) is 7.11 Å². The standard InChI is InChI=1S/C7H6F4N2O/c1-14-6-4(9)5(12-3-13-6)7(10,11)2-8/h3H,2H2,1H3. The van der Waals surface area contributed by atoms with Gasteiger partial charge in [-0.25, -0.2) is 9.37 Å². The van der Waals surface area contributed by atoms with Crippen LogP contribution in [0.1, 0.15) is 5.69 Å². The van der Waals surface area contributed by atoms with Crippen molar-refractivity contribution in [3.63, 3.8) is 0 Å². The Morgan fingerprint density at radius 2 is 2.07 bits per heavy atom. The van der Waals surface area contributed by atoms with E-state index in [1.807, 2.05) is 0 Å². The van der Waals surface area contributed by atoms with Gasteiger partial charge in [0.25, 0.3) is 5.88 Å². The fourth-order valence-corrected chi connectivity index (χ4v) is 0.814. The summed E-state index contributed by atoms with van der Waals surface area (Å²) in [5, 5.41) is 0. The Hall–Kier alpha value is -1.40. The van der Waals surface area contributed by atoms with Crippen LogP contribution in [0.15, 0.2) is 6.33 Å². The van der Waals surface area contributed by atoms with E-state index in [1.54, 1.807) is 0 Å². The Morgan fingerprint density at radius 3 is 2.57 bits per heavy atom. The lowest BCUT2D eigenvalue weighted by molar-refractivity contribution is -0.0360. The van der Waals surface area contributed by atoms with Gasteiger partial charge in [0, 0.05) is 0 Å². The second kappa shape index (κ2) is 3.77. The second-order valence-electron chi connectivity index (χ2n) is 2.38. The first-order valence-electron chi connectivity index (χ1n) is 3.51. The molecule has 1 heterocycles. The van der Waals surface area contributed by atoms with E-state index in [1.165, 1.54) is 0 Å². The zero-order chi connectivity index (χ0) is 10.8. The lowest BCUT2D eigenvalue weighted by Gasteiger charge is -2.12. The Bertz CT molecular complexity index is 331. The van der Waals surface area contributed by atoms with Gasteiger partial charge in [-0.3, -0.25) is 0 Å². The fourth-order valence-electron chi connectivity index (χ4n) is 0.814. The number of rotatable bonds is 3. The molecule has 1 rings (SSSR count). The molecule has 78 valence electrons. The predicted octanol–water partition coefficient (Wildman–Crippen LogP) is 1.69. The van der Waals surface area contributed by atoms with E-state index in [-0.39, 0.29) is 0 Å². The summed E-state index contributed by atoms with van der Waals surface area (Å²) < 4.78 is 54.7. The lowest BCUT2D eigenvalue weighted by atomic mass is 10.2. The number of ether oxygens (including phenoxy) is 1. The normalized spacial score (nSPS) is 11.5. The van der Waals surface area contributed by atoms with Crippen LogP contribution >= 0.6 is 0 Å². The summed E-state index contributed by atoms with van der Waals surface area (Å²) in [4.78, 5) is 6.21. The molecule has 0 unspecified atom stereocenters. The molecule has 0 amide bonds. The molecule has 1 aromatic rings. The average Bonchev–Trinajstić information content (AvgIpc) is 2.18. The number of methoxy groups -OCH3 is 1. The van der Waals surface area contributed by atoms with Crippen molar-refractivity contribution >= 4 is 0 Å². The first-order chi connectivity index (χ1) is 6.53. The van der Waals surface area contributed by atoms with Crippen LogP contribution in [0.5, 0.6) is 5.88 Å². The van der Waals surface area contributed by atoms with E-state index >= 15 is 0 Å². The minimum atomic E-state index is -3.96. The number of aromatic nitrogens is 2. The molecule has 0 spiro atoms. The van der Waals surface area contributed by atoms with Gasteiger partial charge in [0.05, 0.1) is 7.11 Å². The van der Waals surface area contributed by atoms with Crippen molar-refractivity contribution in [1.82, 2.24) is 9.97 Å². The summed E-state index contributed by atoms with van der Waals surface area (Å²) in [6.07, 6.45) is 0.681. The highest BCUT2D eigenvalue weighted by atomic mass is 19.3. The first-order valence-corrected chi connectivity index (χ1v) is 3.51. The number of nitrogens with zero attached hydrogens (tertiary/aromatic N) is 2. The van der Waals surface area contributed by atoms with Crippen molar-refractivity contribution < 1.29 is 22.3 Å². The van der Waals surface area contributed by atoms with Crippen LogP contribution < -0.4 is 4.74 Å². The molecule has 0 aliphatic carbocycles. The lowest BCUT2D eigenvalue weighted by Crippen LogP contribution is -2.20. The summed E-state index contributed by atoms with van der Waals surface area (Å²) in [6.45, 7) is -2.02. The Balaban J connectivity index is 3.22. The van der Waals surface area contributed by atoms with E-state index < -0.39 is 30.0 Å². The third kappa shape index (κ3) is 1.75. The topological polar surface area (TPSA) is 35.0 Å². The number of halogens is 4. The number of hydrogen-bond donors (Lipinski definition) is 0. The molecule has 0 aliphatic heterocycles. The molecule has 7 heteroatoms. The second-order valence-corrected chi connectivity index (χ2v) is 2.38. The molecule has 0 N–H and O–H groups in total. The van der Waals surface area contributed by atoms with Crippen LogP contribution in [0.4, 0.5) is 17.6 Å². The maximum atomic E-state index is 13.1. The fraction of sp³-hybridized carbons (Fsp3) is 0.429. The van der Waals surface area contributed by atoms with Gasteiger partial charge in [0.1, 0.15) is 6.33 Å². The summed E-state index contributed by atoms with van der Waals surface area (Å²) in [5.74, 6) is -6.04. The Kier molecular flexibility index (Phi) is 2.87. The average molecular weight is 210 g/mol. The summed E-state index contributed by atoms with van der Waals surface area (Å²) in [5.41, 5.74) is -1.30.